The molecule has 0 spiro atoms. The van der Waals surface area contributed by atoms with Crippen LogP contribution in [0.5, 0.6) is 0 Å². The van der Waals surface area contributed by atoms with Crippen molar-refractivity contribution in [3.63, 3.8) is 0 Å². The maximum atomic E-state index is 2.69. The van der Waals surface area contributed by atoms with E-state index in [9.17, 15) is 0 Å². The van der Waals surface area contributed by atoms with E-state index in [0.717, 1.165) is 0 Å². The fourth-order valence-corrected chi connectivity index (χ4v) is 5.16. The molecule has 0 fully saturated rings. The van der Waals surface area contributed by atoms with Crippen molar-refractivity contribution in [2.75, 3.05) is 0 Å². The second-order valence-corrected chi connectivity index (χ2v) is 8.84. The summed E-state index contributed by atoms with van der Waals surface area (Å²) in [7, 11) is -0.476. The molecule has 0 saturated heterocycles. The van der Waals surface area contributed by atoms with Gasteiger partial charge in [-0.1, -0.05) is 5.57 Å². The molecule has 0 amide bonds. The minimum atomic E-state index is -0.476. The topological polar surface area (TPSA) is 3.01 Å². The van der Waals surface area contributed by atoms with Gasteiger partial charge in [-0.2, -0.15) is 0 Å². The van der Waals surface area contributed by atoms with E-state index < -0.39 is 8.59 Å². The average Bonchev–Trinajstić information content (AvgIpc) is 2.33. The summed E-state index contributed by atoms with van der Waals surface area (Å²) in [5.41, 5.74) is 6.37. The first kappa shape index (κ1) is 25.7. The van der Waals surface area contributed by atoms with Gasteiger partial charge in [0.05, 0.1) is 5.92 Å². The van der Waals surface area contributed by atoms with Gasteiger partial charge in [0.15, 0.2) is 5.70 Å². The van der Waals surface area contributed by atoms with Gasteiger partial charge in [0.1, 0.15) is 5.54 Å². The number of rotatable bonds is 1. The quantitative estimate of drug-likeness (QED) is 0.500. The Balaban J connectivity index is -0.000000963. The summed E-state index contributed by atoms with van der Waals surface area (Å²) in [5, 5.41) is 0. The van der Waals surface area contributed by atoms with Gasteiger partial charge in [-0.3, -0.25) is 4.22 Å². The van der Waals surface area contributed by atoms with Crippen LogP contribution in [0.15, 0.2) is 22.4 Å². The molecular weight excluding hydrogens is 341 g/mol. The Morgan fingerprint density at radius 2 is 1.35 bits per heavy atom. The van der Waals surface area contributed by atoms with Crippen molar-refractivity contribution >= 4 is 8.59 Å². The van der Waals surface area contributed by atoms with Crippen LogP contribution in [0.2, 0.25) is 13.1 Å². The predicted octanol–water partition coefficient (Wildman–Crippen LogP) is -1.42. The zero-order chi connectivity index (χ0) is 13.5. The van der Waals surface area contributed by atoms with E-state index in [-0.39, 0.29) is 52.1 Å². The van der Waals surface area contributed by atoms with Gasteiger partial charge >= 0.3 is 30.3 Å². The molecule has 0 N–H and O–H groups in total. The Bertz CT molecular complexity index is 441. The molecule has 1 unspecified atom stereocenters. The van der Waals surface area contributed by atoms with Crippen molar-refractivity contribution in [1.82, 2.24) is 0 Å². The van der Waals surface area contributed by atoms with Crippen molar-refractivity contribution in [2.24, 2.45) is 5.92 Å². The Labute approximate surface area is 154 Å². The van der Waals surface area contributed by atoms with Gasteiger partial charge in [-0.25, -0.2) is 0 Å². The van der Waals surface area contributed by atoms with Crippen molar-refractivity contribution in [2.45, 2.75) is 67.1 Å². The van der Waals surface area contributed by atoms with Gasteiger partial charge in [0, 0.05) is 18.7 Å². The van der Waals surface area contributed by atoms with E-state index in [1.807, 2.05) is 0 Å². The molecule has 1 nitrogen and oxygen atoms in total. The molecule has 1 rings (SSSR count). The van der Waals surface area contributed by atoms with Crippen LogP contribution in [0.4, 0.5) is 0 Å². The molecule has 0 bridgehead atoms. The second-order valence-electron chi connectivity index (χ2n) is 6.49. The summed E-state index contributed by atoms with van der Waals surface area (Å²) in [6.45, 7) is 21.0. The van der Waals surface area contributed by atoms with Gasteiger partial charge in [0.2, 0.25) is 0 Å². The first-order valence-corrected chi connectivity index (χ1v) is 9.02. The first-order valence-electron chi connectivity index (χ1n) is 6.58. The average molecular weight is 369 g/mol. The van der Waals surface area contributed by atoms with Crippen LogP contribution < -0.4 is 24.8 Å². The van der Waals surface area contributed by atoms with E-state index >= 15 is 0 Å². The van der Waals surface area contributed by atoms with Crippen molar-refractivity contribution < 1.29 is 50.7 Å². The normalized spacial score (nSPS) is 18.1. The third kappa shape index (κ3) is 4.91. The Hall–Kier alpha value is 0.791. The standard InChI is InChI=1S/C15H28NSi.2ClH.Ti/c1-10-11(2)13(4)14(12(10)3)16(17(8)9)15(5,6)7;;;/h12H,1-9H3;2*1H;/q+1;;;+4/p-2. The molecule has 5 heteroatoms. The van der Waals surface area contributed by atoms with Crippen LogP contribution in [0.3, 0.4) is 0 Å². The number of nitrogens with zero attached hydrogens (tertiary/aromatic N) is 1. The monoisotopic (exact) mass is 368 g/mol. The molecule has 0 radical (unpaired) electrons. The van der Waals surface area contributed by atoms with Gasteiger partial charge in [0.25, 0.3) is 0 Å². The molecule has 20 heavy (non-hydrogen) atoms. The molecule has 0 aromatic rings. The van der Waals surface area contributed by atoms with Crippen molar-refractivity contribution in [3.8, 4) is 0 Å². The van der Waals surface area contributed by atoms with E-state index in [2.05, 4.69) is 65.8 Å². The fraction of sp³-hybridized carbons (Fsp3) is 0.733. The number of halogens is 2. The maximum Gasteiger partial charge on any atom is 4.00 e. The minimum absolute atomic E-state index is 0. The zero-order valence-corrected chi connectivity index (χ0v) is 18.4. The molecule has 0 aromatic carbocycles. The van der Waals surface area contributed by atoms with E-state index in [1.54, 1.807) is 11.3 Å². The molecule has 0 heterocycles. The maximum absolute atomic E-state index is 2.69. The third-order valence-electron chi connectivity index (χ3n) is 3.96. The fourth-order valence-electron chi connectivity index (χ4n) is 2.98. The van der Waals surface area contributed by atoms with Crippen LogP contribution in [-0.4, -0.2) is 18.3 Å². The summed E-state index contributed by atoms with van der Waals surface area (Å²) >= 11 is 0. The summed E-state index contributed by atoms with van der Waals surface area (Å²) in [5.74, 6) is 0.592. The van der Waals surface area contributed by atoms with E-state index in [0.29, 0.717) is 5.92 Å². The van der Waals surface area contributed by atoms with Crippen molar-refractivity contribution in [1.29, 1.82) is 0 Å². The van der Waals surface area contributed by atoms with Crippen LogP contribution in [0.25, 0.3) is 0 Å². The minimum Gasteiger partial charge on any atom is -1.00 e. The van der Waals surface area contributed by atoms with Crippen LogP contribution >= 0.6 is 0 Å². The van der Waals surface area contributed by atoms with Gasteiger partial charge < -0.3 is 24.8 Å². The Morgan fingerprint density at radius 3 is 1.55 bits per heavy atom. The molecule has 1 atom stereocenters. The van der Waals surface area contributed by atoms with E-state index in [1.165, 1.54) is 11.1 Å². The molecule has 0 aliphatic heterocycles. The number of hydrogen-bond donors (Lipinski definition) is 0. The van der Waals surface area contributed by atoms with E-state index in [4.69, 9.17) is 0 Å². The largest absolute Gasteiger partial charge is 4.00 e. The smallest absolute Gasteiger partial charge is 1.00 e. The van der Waals surface area contributed by atoms with Crippen LogP contribution in [0, 0.1) is 5.92 Å². The Kier molecular flexibility index (Phi) is 11.6. The third-order valence-corrected chi connectivity index (χ3v) is 5.76. The van der Waals surface area contributed by atoms with Crippen LogP contribution in [0.1, 0.15) is 48.5 Å². The van der Waals surface area contributed by atoms with Gasteiger partial charge in [-0.05, 0) is 54.0 Å². The first-order chi connectivity index (χ1) is 7.59. The van der Waals surface area contributed by atoms with Crippen molar-refractivity contribution in [3.05, 3.63) is 22.4 Å². The summed E-state index contributed by atoms with van der Waals surface area (Å²) < 4.78 is 2.69. The molecule has 1 aliphatic rings. The SMILES string of the molecule is CC1=C(C)C(C)C([N+](=[Si](C)C)C(C)(C)C)=C1C.[Cl-].[Cl-].[Ti+4]. The molecular formula is C15H28Cl2NSiTi+3. The molecule has 112 valence electrons. The number of allylic oxidation sites excluding steroid dienone is 3. The molecule has 1 aliphatic carbocycles. The van der Waals surface area contributed by atoms with Crippen LogP contribution in [-0.2, 0) is 21.7 Å². The zero-order valence-electron chi connectivity index (χ0n) is 14.3. The molecule has 0 aromatic heterocycles. The summed E-state index contributed by atoms with van der Waals surface area (Å²) in [4.78, 5) is 0. The molecule has 0 saturated carbocycles. The predicted molar refractivity (Wildman–Crippen MR) is 77.7 cm³/mol. The Morgan fingerprint density at radius 1 is 0.950 bits per heavy atom. The second kappa shape index (κ2) is 9.05. The van der Waals surface area contributed by atoms with Gasteiger partial charge in [-0.15, -0.1) is 0 Å². The summed E-state index contributed by atoms with van der Waals surface area (Å²) in [6.07, 6.45) is 0. The number of hydrogen-bond acceptors (Lipinski definition) is 0. The summed E-state index contributed by atoms with van der Waals surface area (Å²) in [6, 6.07) is 0.